The van der Waals surface area contributed by atoms with Crippen molar-refractivity contribution in [2.75, 3.05) is 13.2 Å². The summed E-state index contributed by atoms with van der Waals surface area (Å²) >= 11 is 0. The molecular formula is C27H36O6S2. The van der Waals surface area contributed by atoms with Crippen molar-refractivity contribution in [1.29, 1.82) is 0 Å². The van der Waals surface area contributed by atoms with Gasteiger partial charge in [0.2, 0.25) is 0 Å². The molecule has 0 heterocycles. The van der Waals surface area contributed by atoms with E-state index >= 15 is 0 Å². The third-order valence-corrected chi connectivity index (χ3v) is 8.17. The Morgan fingerprint density at radius 2 is 1.17 bits per heavy atom. The van der Waals surface area contributed by atoms with Gasteiger partial charge >= 0.3 is 0 Å². The lowest BCUT2D eigenvalue weighted by atomic mass is 10.2. The van der Waals surface area contributed by atoms with Crippen molar-refractivity contribution in [3.8, 4) is 12.3 Å². The molecule has 1 fully saturated rings. The van der Waals surface area contributed by atoms with Crippen LogP contribution in [0.2, 0.25) is 0 Å². The summed E-state index contributed by atoms with van der Waals surface area (Å²) in [5.74, 6) is 3.40. The predicted molar refractivity (Wildman–Crippen MR) is 138 cm³/mol. The highest BCUT2D eigenvalue weighted by Crippen LogP contribution is 2.33. The van der Waals surface area contributed by atoms with Gasteiger partial charge < -0.3 is 0 Å². The van der Waals surface area contributed by atoms with Crippen molar-refractivity contribution in [3.63, 3.8) is 0 Å². The molecule has 0 spiro atoms. The number of aryl methyl sites for hydroxylation is 2. The highest BCUT2D eigenvalue weighted by molar-refractivity contribution is 7.87. The van der Waals surface area contributed by atoms with Gasteiger partial charge in [-0.25, -0.2) is 0 Å². The van der Waals surface area contributed by atoms with Crippen LogP contribution in [0, 0.1) is 32.1 Å². The third-order valence-electron chi connectivity index (χ3n) is 5.52. The standard InChI is InChI=1S/C14H20O3S.C13H16O3S/c1-12-5-9-14(10-6-12)18(15,16)17-11-3-2-4-13-7-8-13;1-3-4-5-6-11-16-17(14,15)13-9-7-12(2)8-10-13/h5-6,9-10,13H,2-4,7-8,11H2,1H3;1,7-10H,4-6,11H2,2H3. The molecule has 0 aromatic heterocycles. The van der Waals surface area contributed by atoms with Crippen LogP contribution in [0.4, 0.5) is 0 Å². The third kappa shape index (κ3) is 11.4. The fourth-order valence-electron chi connectivity index (χ4n) is 3.15. The number of unbranched alkanes of at least 4 members (excludes halogenated alkanes) is 3. The topological polar surface area (TPSA) is 86.7 Å². The molecule has 192 valence electrons. The van der Waals surface area contributed by atoms with Gasteiger partial charge in [-0.3, -0.25) is 8.37 Å². The molecule has 2 aromatic carbocycles. The van der Waals surface area contributed by atoms with Crippen LogP contribution in [-0.2, 0) is 28.6 Å². The zero-order chi connectivity index (χ0) is 25.7. The smallest absolute Gasteiger partial charge is 0.266 e. The Labute approximate surface area is 211 Å². The van der Waals surface area contributed by atoms with Gasteiger partial charge in [0, 0.05) is 6.42 Å². The van der Waals surface area contributed by atoms with E-state index in [0.717, 1.165) is 36.3 Å². The average Bonchev–Trinajstić information content (AvgIpc) is 3.64. The van der Waals surface area contributed by atoms with Crippen LogP contribution >= 0.6 is 0 Å². The van der Waals surface area contributed by atoms with Crippen molar-refractivity contribution in [2.24, 2.45) is 5.92 Å². The monoisotopic (exact) mass is 520 g/mol. The molecule has 0 bridgehead atoms. The number of hydrogen-bond donors (Lipinski definition) is 0. The minimum atomic E-state index is -3.62. The summed E-state index contributed by atoms with van der Waals surface area (Å²) in [7, 11) is -7.18. The summed E-state index contributed by atoms with van der Waals surface area (Å²) < 4.78 is 57.0. The van der Waals surface area contributed by atoms with Gasteiger partial charge in [0.25, 0.3) is 20.2 Å². The molecule has 6 nitrogen and oxygen atoms in total. The van der Waals surface area contributed by atoms with E-state index in [1.54, 1.807) is 48.5 Å². The minimum Gasteiger partial charge on any atom is -0.266 e. The fraction of sp³-hybridized carbons (Fsp3) is 0.481. The highest BCUT2D eigenvalue weighted by atomic mass is 32.2. The second kappa shape index (κ2) is 14.4. The Hall–Kier alpha value is -2.18. The van der Waals surface area contributed by atoms with E-state index in [-0.39, 0.29) is 16.4 Å². The lowest BCUT2D eigenvalue weighted by Crippen LogP contribution is -2.07. The Bertz CT molecular complexity index is 1140. The lowest BCUT2D eigenvalue weighted by molar-refractivity contribution is 0.305. The molecule has 0 aliphatic heterocycles. The number of benzene rings is 2. The van der Waals surface area contributed by atoms with E-state index in [2.05, 4.69) is 5.92 Å². The molecule has 1 aliphatic carbocycles. The first-order chi connectivity index (χ1) is 16.6. The van der Waals surface area contributed by atoms with E-state index in [1.165, 1.54) is 19.3 Å². The van der Waals surface area contributed by atoms with Crippen molar-refractivity contribution < 1.29 is 25.2 Å². The molecule has 0 N–H and O–H groups in total. The van der Waals surface area contributed by atoms with Gasteiger partial charge in [-0.2, -0.15) is 16.8 Å². The molecule has 3 rings (SSSR count). The lowest BCUT2D eigenvalue weighted by Gasteiger charge is -2.05. The summed E-state index contributed by atoms with van der Waals surface area (Å²) in [5, 5.41) is 0. The maximum atomic E-state index is 11.8. The second-order valence-corrected chi connectivity index (χ2v) is 12.0. The zero-order valence-electron chi connectivity index (χ0n) is 20.6. The molecule has 0 atom stereocenters. The molecule has 0 unspecified atom stereocenters. The van der Waals surface area contributed by atoms with Crippen molar-refractivity contribution in [3.05, 3.63) is 59.7 Å². The summed E-state index contributed by atoms with van der Waals surface area (Å²) in [6, 6.07) is 13.3. The summed E-state index contributed by atoms with van der Waals surface area (Å²) in [4.78, 5) is 0.440. The van der Waals surface area contributed by atoms with Gasteiger partial charge in [0.1, 0.15) is 0 Å². The van der Waals surface area contributed by atoms with E-state index in [9.17, 15) is 16.8 Å². The molecular weight excluding hydrogens is 484 g/mol. The molecule has 1 saturated carbocycles. The Morgan fingerprint density at radius 1 is 0.743 bits per heavy atom. The van der Waals surface area contributed by atoms with E-state index in [4.69, 9.17) is 14.8 Å². The molecule has 2 aromatic rings. The summed E-state index contributed by atoms with van der Waals surface area (Å²) in [5.41, 5.74) is 2.05. The molecule has 0 saturated heterocycles. The number of terminal acetylenes is 1. The first-order valence-electron chi connectivity index (χ1n) is 12.0. The van der Waals surface area contributed by atoms with Crippen molar-refractivity contribution >= 4 is 20.2 Å². The van der Waals surface area contributed by atoms with Crippen molar-refractivity contribution in [1.82, 2.24) is 0 Å². The summed E-state index contributed by atoms with van der Waals surface area (Å²) in [6.07, 6.45) is 13.0. The molecule has 0 radical (unpaired) electrons. The van der Waals surface area contributed by atoms with Gasteiger partial charge in [-0.05, 0) is 63.3 Å². The van der Waals surface area contributed by atoms with Crippen LogP contribution in [-0.4, -0.2) is 30.0 Å². The number of hydrogen-bond acceptors (Lipinski definition) is 6. The second-order valence-electron chi connectivity index (χ2n) is 8.78. The molecule has 35 heavy (non-hydrogen) atoms. The highest BCUT2D eigenvalue weighted by Gasteiger charge is 2.20. The quantitative estimate of drug-likeness (QED) is 0.189. The van der Waals surface area contributed by atoms with Gasteiger partial charge in [0.15, 0.2) is 0 Å². The van der Waals surface area contributed by atoms with Crippen LogP contribution in [0.5, 0.6) is 0 Å². The Kier molecular flexibility index (Phi) is 12.0. The normalized spacial score (nSPS) is 13.5. The van der Waals surface area contributed by atoms with E-state index < -0.39 is 20.2 Å². The van der Waals surface area contributed by atoms with Crippen LogP contribution in [0.1, 0.15) is 62.5 Å². The zero-order valence-corrected chi connectivity index (χ0v) is 22.2. The van der Waals surface area contributed by atoms with Crippen molar-refractivity contribution in [2.45, 2.75) is 75.0 Å². The van der Waals surface area contributed by atoms with Gasteiger partial charge in [-0.1, -0.05) is 61.1 Å². The molecule has 8 heteroatoms. The maximum absolute atomic E-state index is 11.8. The largest absolute Gasteiger partial charge is 0.296 e. The first-order valence-corrected chi connectivity index (χ1v) is 14.8. The van der Waals surface area contributed by atoms with Crippen LogP contribution in [0.25, 0.3) is 0 Å². The first kappa shape index (κ1) is 29.1. The Balaban J connectivity index is 0.000000247. The van der Waals surface area contributed by atoms with Crippen LogP contribution in [0.3, 0.4) is 0 Å². The van der Waals surface area contributed by atoms with Gasteiger partial charge in [-0.15, -0.1) is 12.3 Å². The minimum absolute atomic E-state index is 0.178. The summed E-state index contributed by atoms with van der Waals surface area (Å²) in [6.45, 7) is 4.30. The average molecular weight is 521 g/mol. The van der Waals surface area contributed by atoms with E-state index in [1.807, 2.05) is 13.8 Å². The number of rotatable bonds is 13. The van der Waals surface area contributed by atoms with Crippen LogP contribution in [0.15, 0.2) is 58.3 Å². The molecule has 0 amide bonds. The van der Waals surface area contributed by atoms with Crippen LogP contribution < -0.4 is 0 Å². The molecule has 1 aliphatic rings. The predicted octanol–water partition coefficient (Wildman–Crippen LogP) is 5.78. The Morgan fingerprint density at radius 3 is 1.57 bits per heavy atom. The van der Waals surface area contributed by atoms with E-state index in [0.29, 0.717) is 19.4 Å². The maximum Gasteiger partial charge on any atom is 0.296 e. The fourth-order valence-corrected chi connectivity index (χ4v) is 5.04. The SMILES string of the molecule is C#CCCCCOS(=O)(=O)c1ccc(C)cc1.Cc1ccc(S(=O)(=O)OCCCCC2CC2)cc1. The van der Waals surface area contributed by atoms with Gasteiger partial charge in [0.05, 0.1) is 23.0 Å².